The van der Waals surface area contributed by atoms with Crippen molar-refractivity contribution >= 4 is 35.8 Å². The van der Waals surface area contributed by atoms with Crippen LogP contribution >= 0.6 is 12.2 Å². The lowest BCUT2D eigenvalue weighted by Gasteiger charge is -2.17. The standard InChI is InChI=1S/C25H17N3O2S/c29-23-21(15-17-16-26-22-14-8-7-13-20(17)22)24(30)28(19-11-5-2-6-12-19)25(31)27(23)18-9-3-1-4-10-18/h1-16,29H. The van der Waals surface area contributed by atoms with Crippen molar-refractivity contribution in [3.8, 4) is 17.3 Å². The van der Waals surface area contributed by atoms with Crippen LogP contribution in [0.2, 0.25) is 0 Å². The summed E-state index contributed by atoms with van der Waals surface area (Å²) in [6.45, 7) is 0. The normalized spacial score (nSPS) is 13.5. The maximum absolute atomic E-state index is 13.5. The Morgan fingerprint density at radius 1 is 0.806 bits per heavy atom. The first-order chi connectivity index (χ1) is 15.1. The Labute approximate surface area is 183 Å². The third kappa shape index (κ3) is 3.23. The van der Waals surface area contributed by atoms with Gasteiger partial charge < -0.3 is 5.11 Å². The van der Waals surface area contributed by atoms with E-state index in [4.69, 9.17) is 12.2 Å². The molecule has 1 aliphatic rings. The molecular weight excluding hydrogens is 406 g/mol. The molecular formula is C25H17N3O2S. The van der Waals surface area contributed by atoms with Crippen LogP contribution in [0.15, 0.2) is 94.7 Å². The predicted molar refractivity (Wildman–Crippen MR) is 126 cm³/mol. The molecule has 0 radical (unpaired) electrons. The molecule has 0 aliphatic carbocycles. The monoisotopic (exact) mass is 423 g/mol. The highest BCUT2D eigenvalue weighted by Crippen LogP contribution is 2.33. The van der Waals surface area contributed by atoms with Crippen LogP contribution in [-0.4, -0.2) is 20.5 Å². The molecule has 6 heteroatoms. The van der Waals surface area contributed by atoms with Gasteiger partial charge in [0.15, 0.2) is 4.77 Å². The van der Waals surface area contributed by atoms with Gasteiger partial charge in [0.2, 0.25) is 5.88 Å². The SMILES string of the molecule is O=c1c(C=C2C=Nc3ccccc32)c(O)n(-c2ccccc2)c(=S)n1-c1ccccc1. The minimum atomic E-state index is -0.397. The summed E-state index contributed by atoms with van der Waals surface area (Å²) < 4.78 is 3.13. The Morgan fingerprint density at radius 3 is 2.06 bits per heavy atom. The smallest absolute Gasteiger partial charge is 0.270 e. The van der Waals surface area contributed by atoms with E-state index in [-0.39, 0.29) is 16.2 Å². The molecule has 0 saturated heterocycles. The Kier molecular flexibility index (Phi) is 4.69. The summed E-state index contributed by atoms with van der Waals surface area (Å²) in [5.41, 5.74) is 3.51. The Bertz CT molecular complexity index is 1470. The zero-order valence-corrected chi connectivity index (χ0v) is 17.2. The van der Waals surface area contributed by atoms with Crippen LogP contribution in [0.5, 0.6) is 5.88 Å². The summed E-state index contributed by atoms with van der Waals surface area (Å²) in [6.07, 6.45) is 3.37. The van der Waals surface area contributed by atoms with Crippen LogP contribution < -0.4 is 5.56 Å². The summed E-state index contributed by atoms with van der Waals surface area (Å²) in [6, 6.07) is 26.1. The van der Waals surface area contributed by atoms with Crippen molar-refractivity contribution in [2.24, 2.45) is 4.99 Å². The van der Waals surface area contributed by atoms with Gasteiger partial charge in [-0.15, -0.1) is 0 Å². The molecule has 1 N–H and O–H groups in total. The van der Waals surface area contributed by atoms with E-state index in [0.717, 1.165) is 16.8 Å². The molecule has 5 rings (SSSR count). The number of para-hydroxylation sites is 3. The fourth-order valence-corrected chi connectivity index (χ4v) is 4.04. The van der Waals surface area contributed by atoms with E-state index in [1.807, 2.05) is 84.9 Å². The van der Waals surface area contributed by atoms with Crippen molar-refractivity contribution in [2.45, 2.75) is 0 Å². The van der Waals surface area contributed by atoms with Crippen molar-refractivity contribution in [3.05, 3.63) is 111 Å². The third-order valence-corrected chi connectivity index (χ3v) is 5.52. The third-order valence-electron chi connectivity index (χ3n) is 5.16. The number of benzene rings is 3. The van der Waals surface area contributed by atoms with E-state index < -0.39 is 5.56 Å². The number of hydrogen-bond donors (Lipinski definition) is 1. The minimum absolute atomic E-state index is 0.138. The van der Waals surface area contributed by atoms with Crippen molar-refractivity contribution in [1.82, 2.24) is 9.13 Å². The second kappa shape index (κ2) is 7.66. The summed E-state index contributed by atoms with van der Waals surface area (Å²) in [7, 11) is 0. The Morgan fingerprint density at radius 2 is 1.39 bits per heavy atom. The topological polar surface area (TPSA) is 59.5 Å². The average Bonchev–Trinajstić information content (AvgIpc) is 3.21. The lowest BCUT2D eigenvalue weighted by atomic mass is 10.1. The molecule has 5 nitrogen and oxygen atoms in total. The summed E-state index contributed by atoms with van der Waals surface area (Å²) in [5, 5.41) is 11.2. The lowest BCUT2D eigenvalue weighted by Crippen LogP contribution is -2.25. The number of aromatic nitrogens is 2. The molecule has 2 heterocycles. The summed E-state index contributed by atoms with van der Waals surface area (Å²) >= 11 is 5.66. The number of hydrogen-bond acceptors (Lipinski definition) is 4. The van der Waals surface area contributed by atoms with Gasteiger partial charge in [-0.3, -0.25) is 18.9 Å². The molecule has 0 fully saturated rings. The quantitative estimate of drug-likeness (QED) is 0.454. The fraction of sp³-hybridized carbons (Fsp3) is 0. The molecule has 0 unspecified atom stereocenters. The van der Waals surface area contributed by atoms with Crippen LogP contribution in [0.4, 0.5) is 5.69 Å². The molecule has 150 valence electrons. The molecule has 4 aromatic rings. The zero-order valence-electron chi connectivity index (χ0n) is 16.3. The second-order valence-corrected chi connectivity index (χ2v) is 7.41. The minimum Gasteiger partial charge on any atom is -0.494 e. The highest BCUT2D eigenvalue weighted by Gasteiger charge is 2.20. The molecule has 0 spiro atoms. The maximum atomic E-state index is 13.5. The van der Waals surface area contributed by atoms with Gasteiger partial charge in [0.1, 0.15) is 5.56 Å². The van der Waals surface area contributed by atoms with E-state index in [1.165, 1.54) is 9.13 Å². The van der Waals surface area contributed by atoms with Crippen LogP contribution in [0.25, 0.3) is 23.0 Å². The first kappa shape index (κ1) is 19.0. The fourth-order valence-electron chi connectivity index (χ4n) is 3.66. The molecule has 31 heavy (non-hydrogen) atoms. The van der Waals surface area contributed by atoms with E-state index in [1.54, 1.807) is 12.3 Å². The van der Waals surface area contributed by atoms with Crippen LogP contribution in [0.1, 0.15) is 11.1 Å². The van der Waals surface area contributed by atoms with Gasteiger partial charge in [0, 0.05) is 17.4 Å². The van der Waals surface area contributed by atoms with Gasteiger partial charge in [0.05, 0.1) is 17.1 Å². The Balaban J connectivity index is 1.84. The van der Waals surface area contributed by atoms with Crippen LogP contribution in [0.3, 0.4) is 0 Å². The van der Waals surface area contributed by atoms with E-state index in [2.05, 4.69) is 4.99 Å². The highest BCUT2D eigenvalue weighted by atomic mass is 32.1. The first-order valence-electron chi connectivity index (χ1n) is 9.72. The summed E-state index contributed by atoms with van der Waals surface area (Å²) in [4.78, 5) is 17.9. The number of rotatable bonds is 3. The largest absolute Gasteiger partial charge is 0.494 e. The van der Waals surface area contributed by atoms with E-state index in [0.29, 0.717) is 11.4 Å². The van der Waals surface area contributed by atoms with Gasteiger partial charge in [-0.25, -0.2) is 0 Å². The number of fused-ring (bicyclic) bond motifs is 1. The van der Waals surface area contributed by atoms with Crippen molar-refractivity contribution in [3.63, 3.8) is 0 Å². The number of aliphatic imine (C=N–C) groups is 1. The van der Waals surface area contributed by atoms with E-state index >= 15 is 0 Å². The summed E-state index contributed by atoms with van der Waals surface area (Å²) in [5.74, 6) is -0.210. The molecule has 1 aromatic heterocycles. The number of aromatic hydroxyl groups is 1. The van der Waals surface area contributed by atoms with Gasteiger partial charge in [-0.05, 0) is 48.6 Å². The Hall–Kier alpha value is -4.03. The molecule has 0 amide bonds. The lowest BCUT2D eigenvalue weighted by molar-refractivity contribution is 0.429. The number of nitrogens with zero attached hydrogens (tertiary/aromatic N) is 3. The van der Waals surface area contributed by atoms with Crippen molar-refractivity contribution in [2.75, 3.05) is 0 Å². The van der Waals surface area contributed by atoms with Crippen molar-refractivity contribution < 1.29 is 5.11 Å². The van der Waals surface area contributed by atoms with Gasteiger partial charge in [0.25, 0.3) is 5.56 Å². The number of allylic oxidation sites excluding steroid dienone is 1. The van der Waals surface area contributed by atoms with Crippen LogP contribution in [-0.2, 0) is 0 Å². The molecule has 0 bridgehead atoms. The van der Waals surface area contributed by atoms with Crippen LogP contribution in [0, 0.1) is 4.77 Å². The molecule has 1 aliphatic heterocycles. The second-order valence-electron chi connectivity index (χ2n) is 7.04. The van der Waals surface area contributed by atoms with Gasteiger partial charge >= 0.3 is 0 Å². The predicted octanol–water partition coefficient (Wildman–Crippen LogP) is 5.32. The van der Waals surface area contributed by atoms with Gasteiger partial charge in [-0.2, -0.15) is 0 Å². The molecule has 0 atom stereocenters. The van der Waals surface area contributed by atoms with E-state index in [9.17, 15) is 9.90 Å². The zero-order chi connectivity index (χ0) is 21.4. The maximum Gasteiger partial charge on any atom is 0.270 e. The first-order valence-corrected chi connectivity index (χ1v) is 10.1. The average molecular weight is 423 g/mol. The highest BCUT2D eigenvalue weighted by molar-refractivity contribution is 7.71. The van der Waals surface area contributed by atoms with Gasteiger partial charge in [-0.1, -0.05) is 54.6 Å². The van der Waals surface area contributed by atoms with Crippen molar-refractivity contribution in [1.29, 1.82) is 0 Å². The molecule has 0 saturated carbocycles. The molecule has 3 aromatic carbocycles.